The van der Waals surface area contributed by atoms with E-state index in [0.29, 0.717) is 22.8 Å². The molecule has 0 heterocycles. The lowest BCUT2D eigenvalue weighted by atomic mass is 10.1. The molecule has 11 nitrogen and oxygen atoms in total. The number of ether oxygens (including phenoxy) is 1. The maximum atomic E-state index is 13.6. The van der Waals surface area contributed by atoms with Crippen LogP contribution in [0.15, 0.2) is 36.4 Å². The van der Waals surface area contributed by atoms with E-state index >= 15 is 0 Å². The Hall–Kier alpha value is -3.09. The minimum atomic E-state index is -4.14. The number of carbonyl (C=O) groups excluding carboxylic acids is 2. The van der Waals surface area contributed by atoms with E-state index in [-0.39, 0.29) is 28.0 Å². The van der Waals surface area contributed by atoms with Crippen LogP contribution in [0.25, 0.3) is 0 Å². The van der Waals surface area contributed by atoms with Crippen molar-refractivity contribution in [3.05, 3.63) is 62.1 Å². The minimum Gasteiger partial charge on any atom is -0.495 e. The first-order valence-electron chi connectivity index (χ1n) is 11.1. The number of nitro groups is 1. The van der Waals surface area contributed by atoms with Crippen LogP contribution in [0.5, 0.6) is 5.75 Å². The monoisotopic (exact) mass is 574 g/mol. The normalized spacial score (nSPS) is 11.9. The van der Waals surface area contributed by atoms with Gasteiger partial charge in [0.15, 0.2) is 0 Å². The van der Waals surface area contributed by atoms with Gasteiger partial charge in [-0.1, -0.05) is 36.2 Å². The maximum Gasteiger partial charge on any atom is 0.271 e. The predicted molar refractivity (Wildman–Crippen MR) is 142 cm³/mol. The van der Waals surface area contributed by atoms with E-state index < -0.39 is 45.0 Å². The van der Waals surface area contributed by atoms with Gasteiger partial charge < -0.3 is 15.0 Å². The number of nitro benzene ring substituents is 1. The van der Waals surface area contributed by atoms with Gasteiger partial charge in [-0.05, 0) is 31.5 Å². The zero-order valence-electron chi connectivity index (χ0n) is 20.7. The number of hydrogen-bond acceptors (Lipinski definition) is 7. The molecule has 0 fully saturated rings. The highest BCUT2D eigenvalue weighted by Gasteiger charge is 2.32. The van der Waals surface area contributed by atoms with E-state index in [0.717, 1.165) is 23.3 Å². The van der Waals surface area contributed by atoms with Gasteiger partial charge in [0, 0.05) is 40.8 Å². The van der Waals surface area contributed by atoms with E-state index in [9.17, 15) is 28.1 Å². The third kappa shape index (κ3) is 7.70. The quantitative estimate of drug-likeness (QED) is 0.301. The molecule has 2 rings (SSSR count). The summed E-state index contributed by atoms with van der Waals surface area (Å²) in [6.07, 6.45) is 1.52. The van der Waals surface area contributed by atoms with Gasteiger partial charge in [-0.2, -0.15) is 0 Å². The molecule has 37 heavy (non-hydrogen) atoms. The zero-order chi connectivity index (χ0) is 27.9. The first-order valence-corrected chi connectivity index (χ1v) is 13.7. The molecule has 2 amide bonds. The highest BCUT2D eigenvalue weighted by Crippen LogP contribution is 2.34. The summed E-state index contributed by atoms with van der Waals surface area (Å²) in [5.74, 6) is -1.23. The molecule has 0 aliphatic heterocycles. The van der Waals surface area contributed by atoms with Crippen LogP contribution in [-0.2, 0) is 26.2 Å². The Morgan fingerprint density at radius 2 is 1.81 bits per heavy atom. The molecule has 2 aromatic rings. The van der Waals surface area contributed by atoms with Crippen LogP contribution < -0.4 is 14.4 Å². The third-order valence-electron chi connectivity index (χ3n) is 5.43. The van der Waals surface area contributed by atoms with Gasteiger partial charge in [0.1, 0.15) is 24.0 Å². The van der Waals surface area contributed by atoms with Gasteiger partial charge in [0.25, 0.3) is 5.69 Å². The first-order chi connectivity index (χ1) is 17.3. The predicted octanol–water partition coefficient (Wildman–Crippen LogP) is 3.62. The molecule has 0 aromatic heterocycles. The number of carbonyl (C=O) groups is 2. The number of methoxy groups -OCH3 is 1. The highest BCUT2D eigenvalue weighted by atomic mass is 35.5. The molecule has 0 aliphatic rings. The summed E-state index contributed by atoms with van der Waals surface area (Å²) in [5.41, 5.74) is -0.233. The van der Waals surface area contributed by atoms with Crippen LogP contribution in [0.4, 0.5) is 11.4 Å². The molecule has 202 valence electrons. The lowest BCUT2D eigenvalue weighted by Gasteiger charge is -2.32. The number of nitrogens with one attached hydrogen (secondary N) is 1. The second kappa shape index (κ2) is 12.9. The number of anilines is 1. The summed E-state index contributed by atoms with van der Waals surface area (Å²) < 4.78 is 31.4. The van der Waals surface area contributed by atoms with Crippen molar-refractivity contribution in [3.63, 3.8) is 0 Å². The topological polar surface area (TPSA) is 139 Å². The van der Waals surface area contributed by atoms with Crippen LogP contribution in [0.2, 0.25) is 10.0 Å². The first kappa shape index (κ1) is 30.1. The fourth-order valence-electron chi connectivity index (χ4n) is 3.41. The largest absolute Gasteiger partial charge is 0.495 e. The molecule has 14 heteroatoms. The van der Waals surface area contributed by atoms with Crippen LogP contribution in [0.3, 0.4) is 0 Å². The maximum absolute atomic E-state index is 13.6. The summed E-state index contributed by atoms with van der Waals surface area (Å²) in [7, 11) is -2.88. The summed E-state index contributed by atoms with van der Waals surface area (Å²) >= 11 is 12.6. The van der Waals surface area contributed by atoms with Crippen molar-refractivity contribution in [1.82, 2.24) is 10.2 Å². The van der Waals surface area contributed by atoms with Crippen molar-refractivity contribution in [3.8, 4) is 5.75 Å². The van der Waals surface area contributed by atoms with Crippen LogP contribution in [0.1, 0.15) is 25.8 Å². The molecule has 1 atom stereocenters. The van der Waals surface area contributed by atoms with Gasteiger partial charge in [-0.25, -0.2) is 8.42 Å². The number of benzene rings is 2. The van der Waals surface area contributed by atoms with E-state index in [4.69, 9.17) is 27.9 Å². The van der Waals surface area contributed by atoms with Crippen molar-refractivity contribution in [1.29, 1.82) is 0 Å². The van der Waals surface area contributed by atoms with Gasteiger partial charge in [0.2, 0.25) is 21.8 Å². The Labute approximate surface area is 225 Å². The van der Waals surface area contributed by atoms with Crippen LogP contribution in [0, 0.1) is 10.1 Å². The van der Waals surface area contributed by atoms with E-state index in [2.05, 4.69) is 5.32 Å². The number of sulfonamides is 1. The van der Waals surface area contributed by atoms with E-state index in [1.165, 1.54) is 20.1 Å². The Morgan fingerprint density at radius 3 is 2.32 bits per heavy atom. The molecular weight excluding hydrogens is 547 g/mol. The Kier molecular flexibility index (Phi) is 10.5. The van der Waals surface area contributed by atoms with Gasteiger partial charge in [-0.15, -0.1) is 0 Å². The molecule has 0 saturated heterocycles. The van der Waals surface area contributed by atoms with Crippen LogP contribution in [-0.4, -0.2) is 62.6 Å². The molecule has 0 saturated carbocycles. The second-order valence-electron chi connectivity index (χ2n) is 8.07. The molecule has 0 bridgehead atoms. The standard InChI is InChI=1S/C23H28Cl2N4O7S/c1-5-11-26-23(31)15(2)27(13-17-18(24)7-6-8-19(17)25)22(30)14-28(37(4,34)35)20-12-16(29(32)33)9-10-21(20)36-3/h6-10,12,15H,5,11,13-14H2,1-4H3,(H,26,31)/t15-/m0/s1. The highest BCUT2D eigenvalue weighted by molar-refractivity contribution is 7.92. The fraction of sp³-hybridized carbons (Fsp3) is 0.391. The van der Waals surface area contributed by atoms with E-state index in [1.807, 2.05) is 6.92 Å². The van der Waals surface area contributed by atoms with Gasteiger partial charge >= 0.3 is 0 Å². The number of hydrogen-bond donors (Lipinski definition) is 1. The zero-order valence-corrected chi connectivity index (χ0v) is 23.1. The summed E-state index contributed by atoms with van der Waals surface area (Å²) in [4.78, 5) is 38.2. The number of rotatable bonds is 12. The molecule has 2 aromatic carbocycles. The smallest absolute Gasteiger partial charge is 0.271 e. The molecular formula is C23H28Cl2N4O7S. The summed E-state index contributed by atoms with van der Waals surface area (Å²) in [6, 6.07) is 7.13. The third-order valence-corrected chi connectivity index (χ3v) is 7.26. The average Bonchev–Trinajstić information content (AvgIpc) is 2.84. The summed E-state index contributed by atoms with van der Waals surface area (Å²) in [5, 5.41) is 14.5. The van der Waals surface area contributed by atoms with E-state index in [1.54, 1.807) is 18.2 Å². The van der Waals surface area contributed by atoms with Crippen molar-refractivity contribution in [2.24, 2.45) is 0 Å². The molecule has 0 unspecified atom stereocenters. The van der Waals surface area contributed by atoms with Crippen molar-refractivity contribution in [2.45, 2.75) is 32.9 Å². The number of amides is 2. The van der Waals surface area contributed by atoms with Crippen molar-refractivity contribution >= 4 is 56.4 Å². The second-order valence-corrected chi connectivity index (χ2v) is 10.8. The SMILES string of the molecule is CCCNC(=O)[C@H](C)N(Cc1c(Cl)cccc1Cl)C(=O)CN(c1cc([N+](=O)[O-])ccc1OC)S(C)(=O)=O. The molecule has 0 aliphatic carbocycles. The molecule has 1 N–H and O–H groups in total. The Morgan fingerprint density at radius 1 is 1.19 bits per heavy atom. The van der Waals surface area contributed by atoms with Crippen molar-refractivity contribution < 1.29 is 27.7 Å². The molecule has 0 radical (unpaired) electrons. The minimum absolute atomic E-state index is 0.00161. The number of halogens is 2. The van der Waals surface area contributed by atoms with Gasteiger partial charge in [0.05, 0.1) is 18.3 Å². The molecule has 0 spiro atoms. The number of non-ortho nitro benzene ring substituents is 1. The fourth-order valence-corrected chi connectivity index (χ4v) is 4.78. The van der Waals surface area contributed by atoms with Crippen LogP contribution >= 0.6 is 23.2 Å². The summed E-state index contributed by atoms with van der Waals surface area (Å²) in [6.45, 7) is 2.77. The Bertz CT molecular complexity index is 1250. The Balaban J connectivity index is 2.56. The number of nitrogens with zero attached hydrogens (tertiary/aromatic N) is 3. The lowest BCUT2D eigenvalue weighted by molar-refractivity contribution is -0.384. The van der Waals surface area contributed by atoms with Crippen molar-refractivity contribution in [2.75, 3.05) is 30.8 Å². The van der Waals surface area contributed by atoms with Gasteiger partial charge in [-0.3, -0.25) is 24.0 Å². The lowest BCUT2D eigenvalue weighted by Crippen LogP contribution is -2.51. The average molecular weight is 575 g/mol.